The van der Waals surface area contributed by atoms with Crippen LogP contribution >= 0.6 is 0 Å². The van der Waals surface area contributed by atoms with E-state index in [0.717, 1.165) is 42.6 Å². The number of aromatic nitrogens is 3. The van der Waals surface area contributed by atoms with Crippen LogP contribution in [-0.2, 0) is 12.0 Å². The highest BCUT2D eigenvalue weighted by Gasteiger charge is 2.38. The summed E-state index contributed by atoms with van der Waals surface area (Å²) >= 11 is 0. The standard InChI is InChI=1S/C22H26N4O3/c1-4-8-16-15(5-2)9-10-18(24-16)22(11-6-7-12-22)14-26-13-17(27)20(28)19(25-26)21(29)23-3/h4-5,8-10,13,27H,2,6-7,11-12,14H2,1,3H3,(H,23,29)/b8-4-. The molecule has 152 valence electrons. The normalized spacial score (nSPS) is 15.5. The maximum absolute atomic E-state index is 12.1. The molecule has 2 N–H and O–H groups in total. The minimum Gasteiger partial charge on any atom is -0.503 e. The van der Waals surface area contributed by atoms with Gasteiger partial charge in [-0.2, -0.15) is 5.10 Å². The molecule has 2 aromatic rings. The van der Waals surface area contributed by atoms with Crippen molar-refractivity contribution in [2.75, 3.05) is 7.05 Å². The molecule has 0 bridgehead atoms. The van der Waals surface area contributed by atoms with Crippen LogP contribution in [0.15, 0.2) is 35.8 Å². The Morgan fingerprint density at radius 2 is 2.10 bits per heavy atom. The molecule has 1 fully saturated rings. The van der Waals surface area contributed by atoms with Gasteiger partial charge in [-0.3, -0.25) is 19.3 Å². The van der Waals surface area contributed by atoms with Crippen LogP contribution in [0.4, 0.5) is 0 Å². The number of carbonyl (C=O) groups excluding carboxylic acids is 1. The first-order valence-electron chi connectivity index (χ1n) is 9.73. The van der Waals surface area contributed by atoms with Crippen molar-refractivity contribution in [1.82, 2.24) is 20.1 Å². The molecule has 3 rings (SSSR count). The van der Waals surface area contributed by atoms with Gasteiger partial charge in [-0.05, 0) is 37.5 Å². The van der Waals surface area contributed by atoms with Crippen molar-refractivity contribution >= 4 is 18.1 Å². The maximum atomic E-state index is 12.1. The third-order valence-electron chi connectivity index (χ3n) is 5.46. The zero-order valence-corrected chi connectivity index (χ0v) is 16.8. The van der Waals surface area contributed by atoms with Crippen molar-refractivity contribution in [1.29, 1.82) is 0 Å². The third-order valence-corrected chi connectivity index (χ3v) is 5.46. The van der Waals surface area contributed by atoms with Crippen molar-refractivity contribution in [3.8, 4) is 5.75 Å². The highest BCUT2D eigenvalue weighted by molar-refractivity contribution is 5.92. The number of nitrogens with zero attached hydrogens (tertiary/aromatic N) is 3. The highest BCUT2D eigenvalue weighted by Crippen LogP contribution is 2.42. The van der Waals surface area contributed by atoms with E-state index >= 15 is 0 Å². The van der Waals surface area contributed by atoms with E-state index in [-0.39, 0.29) is 11.1 Å². The van der Waals surface area contributed by atoms with Gasteiger partial charge in [0.05, 0.1) is 18.4 Å². The second kappa shape index (κ2) is 8.43. The molecule has 1 amide bonds. The molecule has 29 heavy (non-hydrogen) atoms. The zero-order chi connectivity index (χ0) is 21.0. The Balaban J connectivity index is 2.07. The number of hydrogen-bond donors (Lipinski definition) is 2. The maximum Gasteiger partial charge on any atom is 0.275 e. The van der Waals surface area contributed by atoms with Crippen molar-refractivity contribution in [2.45, 2.75) is 44.6 Å². The van der Waals surface area contributed by atoms with Crippen LogP contribution in [0.1, 0.15) is 60.0 Å². The van der Waals surface area contributed by atoms with Gasteiger partial charge in [-0.1, -0.05) is 37.6 Å². The van der Waals surface area contributed by atoms with E-state index in [0.29, 0.717) is 6.54 Å². The first-order valence-corrected chi connectivity index (χ1v) is 9.73. The lowest BCUT2D eigenvalue weighted by atomic mass is 9.81. The number of carbonyl (C=O) groups is 1. The van der Waals surface area contributed by atoms with Crippen LogP contribution in [0.3, 0.4) is 0 Å². The second-order valence-electron chi connectivity index (χ2n) is 7.33. The first-order chi connectivity index (χ1) is 13.9. The quantitative estimate of drug-likeness (QED) is 0.785. The van der Waals surface area contributed by atoms with Crippen molar-refractivity contribution in [3.63, 3.8) is 0 Å². The van der Waals surface area contributed by atoms with Crippen LogP contribution in [0.25, 0.3) is 12.2 Å². The van der Waals surface area contributed by atoms with Gasteiger partial charge in [0, 0.05) is 18.2 Å². The van der Waals surface area contributed by atoms with E-state index in [1.54, 1.807) is 6.08 Å². The molecular formula is C22H26N4O3. The second-order valence-corrected chi connectivity index (χ2v) is 7.33. The SMILES string of the molecule is C=Cc1ccc(C2(Cn3cc(O)c(=O)c(C(=O)NC)n3)CCCC2)nc1/C=C\C. The van der Waals surface area contributed by atoms with Gasteiger partial charge in [0.15, 0.2) is 11.4 Å². The third kappa shape index (κ3) is 3.99. The minimum atomic E-state index is -0.773. The topological polar surface area (TPSA) is 97.1 Å². The van der Waals surface area contributed by atoms with Gasteiger partial charge in [0.25, 0.3) is 11.3 Å². The Bertz CT molecular complexity index is 1020. The lowest BCUT2D eigenvalue weighted by molar-refractivity contribution is 0.0953. The van der Waals surface area contributed by atoms with Crippen LogP contribution < -0.4 is 10.7 Å². The van der Waals surface area contributed by atoms with Crippen LogP contribution in [0.5, 0.6) is 5.75 Å². The number of allylic oxidation sites excluding steroid dienone is 1. The molecule has 0 aromatic carbocycles. The number of pyridine rings is 1. The fourth-order valence-corrected chi connectivity index (χ4v) is 3.97. The summed E-state index contributed by atoms with van der Waals surface area (Å²) < 4.78 is 1.49. The molecule has 1 aliphatic rings. The monoisotopic (exact) mass is 394 g/mol. The summed E-state index contributed by atoms with van der Waals surface area (Å²) in [5.41, 5.74) is 1.38. The van der Waals surface area contributed by atoms with E-state index in [9.17, 15) is 14.7 Å². The van der Waals surface area contributed by atoms with E-state index < -0.39 is 17.1 Å². The van der Waals surface area contributed by atoms with Gasteiger partial charge in [0.2, 0.25) is 0 Å². The molecule has 1 saturated carbocycles. The van der Waals surface area contributed by atoms with E-state index in [1.165, 1.54) is 17.9 Å². The molecule has 0 radical (unpaired) electrons. The fourth-order valence-electron chi connectivity index (χ4n) is 3.97. The Morgan fingerprint density at radius 1 is 1.38 bits per heavy atom. The van der Waals surface area contributed by atoms with E-state index in [2.05, 4.69) is 17.0 Å². The Kier molecular flexibility index (Phi) is 5.96. The summed E-state index contributed by atoms with van der Waals surface area (Å²) in [6.45, 7) is 6.22. The number of rotatable bonds is 6. The van der Waals surface area contributed by atoms with Crippen LogP contribution in [0.2, 0.25) is 0 Å². The first kappa shape index (κ1) is 20.5. The molecule has 0 saturated heterocycles. The summed E-state index contributed by atoms with van der Waals surface area (Å²) in [4.78, 5) is 29.0. The Labute approximate surface area is 169 Å². The molecule has 0 atom stereocenters. The smallest absolute Gasteiger partial charge is 0.275 e. The summed E-state index contributed by atoms with van der Waals surface area (Å²) in [5, 5.41) is 16.6. The Hall–Kier alpha value is -3.22. The molecule has 0 aliphatic heterocycles. The molecule has 1 aliphatic carbocycles. The van der Waals surface area contributed by atoms with Crippen molar-refractivity contribution < 1.29 is 9.90 Å². The van der Waals surface area contributed by atoms with Gasteiger partial charge < -0.3 is 10.4 Å². The summed E-state index contributed by atoms with van der Waals surface area (Å²) in [6.07, 6.45) is 10.9. The fraction of sp³-hybridized carbons (Fsp3) is 0.364. The predicted octanol–water partition coefficient (Wildman–Crippen LogP) is 2.89. The van der Waals surface area contributed by atoms with Crippen molar-refractivity contribution in [3.05, 3.63) is 63.9 Å². The van der Waals surface area contributed by atoms with Crippen LogP contribution in [0, 0.1) is 0 Å². The molecule has 0 spiro atoms. The lowest BCUT2D eigenvalue weighted by Crippen LogP contribution is -2.34. The molecule has 2 aromatic heterocycles. The number of nitrogens with one attached hydrogen (secondary N) is 1. The Morgan fingerprint density at radius 3 is 2.72 bits per heavy atom. The van der Waals surface area contributed by atoms with Gasteiger partial charge in [-0.25, -0.2) is 0 Å². The summed E-state index contributed by atoms with van der Waals surface area (Å²) in [6, 6.07) is 4.02. The number of hydrogen-bond acceptors (Lipinski definition) is 5. The molecule has 2 heterocycles. The predicted molar refractivity (Wildman–Crippen MR) is 113 cm³/mol. The largest absolute Gasteiger partial charge is 0.503 e. The summed E-state index contributed by atoms with van der Waals surface area (Å²) in [7, 11) is 1.42. The number of aromatic hydroxyl groups is 1. The van der Waals surface area contributed by atoms with E-state index in [1.807, 2.05) is 31.2 Å². The lowest BCUT2D eigenvalue weighted by Gasteiger charge is -2.29. The van der Waals surface area contributed by atoms with Crippen LogP contribution in [-0.4, -0.2) is 32.8 Å². The minimum absolute atomic E-state index is 0.287. The zero-order valence-electron chi connectivity index (χ0n) is 16.8. The van der Waals surface area contributed by atoms with Crippen molar-refractivity contribution in [2.24, 2.45) is 0 Å². The average Bonchev–Trinajstić information content (AvgIpc) is 3.19. The molecule has 7 heteroatoms. The summed E-state index contributed by atoms with van der Waals surface area (Å²) in [5.74, 6) is -1.11. The number of amides is 1. The molecule has 7 nitrogen and oxygen atoms in total. The van der Waals surface area contributed by atoms with Gasteiger partial charge in [0.1, 0.15) is 0 Å². The van der Waals surface area contributed by atoms with E-state index in [4.69, 9.17) is 4.98 Å². The van der Waals surface area contributed by atoms with Gasteiger partial charge in [-0.15, -0.1) is 0 Å². The average molecular weight is 394 g/mol. The molecular weight excluding hydrogens is 368 g/mol. The van der Waals surface area contributed by atoms with Gasteiger partial charge >= 0.3 is 0 Å². The highest BCUT2D eigenvalue weighted by atomic mass is 16.3. The molecule has 0 unspecified atom stereocenters.